The van der Waals surface area contributed by atoms with Crippen molar-refractivity contribution < 1.29 is 22.0 Å². The molecular weight excluding hydrogens is 404 g/mol. The number of nitrogens with zero attached hydrogens (tertiary/aromatic N) is 3. The van der Waals surface area contributed by atoms with Crippen LogP contribution in [0.3, 0.4) is 0 Å². The average Bonchev–Trinajstić information content (AvgIpc) is 2.67. The minimum absolute atomic E-state index is 0.0557. The standard InChI is InChI=1S/C18H17F2N5O3S/c1-3-18(10-29(27,28)25(2)17(21)24-18)13-8-12(5-6-14(13)20)23-16(26)15-7-4-11(19)9-22-15/h3-9H,1,10H2,2H3,(H2,21,24)(H,23,26)/t18-/m0/s1. The van der Waals surface area contributed by atoms with Crippen molar-refractivity contribution in [3.05, 3.63) is 72.1 Å². The second-order valence-corrected chi connectivity index (χ2v) is 8.33. The van der Waals surface area contributed by atoms with E-state index >= 15 is 0 Å². The summed E-state index contributed by atoms with van der Waals surface area (Å²) >= 11 is 0. The van der Waals surface area contributed by atoms with Crippen molar-refractivity contribution in [1.82, 2.24) is 9.29 Å². The van der Waals surface area contributed by atoms with Crippen LogP contribution in [0.15, 0.2) is 54.2 Å². The minimum atomic E-state index is -3.87. The SMILES string of the molecule is C=C[C@@]1(c2cc(NC(=O)c3ccc(F)cn3)ccc2F)CS(=O)(=O)N(C)C(N)=N1. The first-order chi connectivity index (χ1) is 13.6. The van der Waals surface area contributed by atoms with E-state index in [9.17, 15) is 22.0 Å². The fraction of sp³-hybridized carbons (Fsp3) is 0.167. The molecular formula is C18H17F2N5O3S. The molecule has 2 heterocycles. The number of nitrogens with two attached hydrogens (primary N) is 1. The van der Waals surface area contributed by atoms with Gasteiger partial charge in [-0.1, -0.05) is 6.08 Å². The number of nitrogens with one attached hydrogen (secondary N) is 1. The van der Waals surface area contributed by atoms with Gasteiger partial charge in [-0.05, 0) is 30.3 Å². The van der Waals surface area contributed by atoms with E-state index in [1.165, 1.54) is 31.3 Å². The number of amides is 1. The zero-order valence-electron chi connectivity index (χ0n) is 15.3. The van der Waals surface area contributed by atoms with Crippen molar-refractivity contribution in [2.75, 3.05) is 18.1 Å². The number of halogens is 2. The van der Waals surface area contributed by atoms with E-state index in [4.69, 9.17) is 5.73 Å². The van der Waals surface area contributed by atoms with E-state index in [-0.39, 0.29) is 22.9 Å². The molecule has 0 radical (unpaired) electrons. The summed E-state index contributed by atoms with van der Waals surface area (Å²) in [6, 6.07) is 5.86. The molecule has 1 atom stereocenters. The molecule has 0 saturated heterocycles. The average molecular weight is 421 g/mol. The van der Waals surface area contributed by atoms with Gasteiger partial charge in [0.15, 0.2) is 0 Å². The van der Waals surface area contributed by atoms with Gasteiger partial charge in [-0.25, -0.2) is 31.5 Å². The predicted molar refractivity (Wildman–Crippen MR) is 104 cm³/mol. The third-order valence-electron chi connectivity index (χ3n) is 4.44. The van der Waals surface area contributed by atoms with E-state index in [2.05, 4.69) is 21.9 Å². The Hall–Kier alpha value is -3.34. The highest BCUT2D eigenvalue weighted by Crippen LogP contribution is 2.36. The number of anilines is 1. The normalized spacial score (nSPS) is 20.7. The Labute approximate surface area is 165 Å². The van der Waals surface area contributed by atoms with Crippen molar-refractivity contribution in [3.8, 4) is 0 Å². The van der Waals surface area contributed by atoms with Gasteiger partial charge in [0.25, 0.3) is 5.91 Å². The highest BCUT2D eigenvalue weighted by molar-refractivity contribution is 7.89. The lowest BCUT2D eigenvalue weighted by molar-refractivity contribution is 0.102. The van der Waals surface area contributed by atoms with Crippen LogP contribution in [0.2, 0.25) is 0 Å². The first-order valence-corrected chi connectivity index (χ1v) is 9.87. The number of aliphatic imine (C=N–C) groups is 1. The van der Waals surface area contributed by atoms with Gasteiger partial charge in [0.1, 0.15) is 28.6 Å². The van der Waals surface area contributed by atoms with Crippen LogP contribution in [0.5, 0.6) is 0 Å². The van der Waals surface area contributed by atoms with Crippen LogP contribution >= 0.6 is 0 Å². The van der Waals surface area contributed by atoms with Gasteiger partial charge < -0.3 is 11.1 Å². The molecule has 3 rings (SSSR count). The molecule has 152 valence electrons. The molecule has 1 aliphatic rings. The highest BCUT2D eigenvalue weighted by Gasteiger charge is 2.43. The summed E-state index contributed by atoms with van der Waals surface area (Å²) in [4.78, 5) is 20.1. The van der Waals surface area contributed by atoms with Crippen molar-refractivity contribution >= 4 is 27.6 Å². The molecule has 11 heteroatoms. The maximum absolute atomic E-state index is 14.6. The third-order valence-corrected chi connectivity index (χ3v) is 6.27. The fourth-order valence-corrected chi connectivity index (χ4v) is 4.23. The molecule has 0 aliphatic carbocycles. The first kappa shape index (κ1) is 20.4. The number of aromatic nitrogens is 1. The highest BCUT2D eigenvalue weighted by atomic mass is 32.2. The summed E-state index contributed by atoms with van der Waals surface area (Å²) in [5, 5.41) is 2.50. The van der Waals surface area contributed by atoms with Gasteiger partial charge in [0.2, 0.25) is 16.0 Å². The molecule has 0 unspecified atom stereocenters. The van der Waals surface area contributed by atoms with E-state index in [0.717, 1.165) is 22.6 Å². The topological polar surface area (TPSA) is 118 Å². The lowest BCUT2D eigenvalue weighted by Gasteiger charge is -2.35. The molecule has 1 aromatic carbocycles. The second-order valence-electron chi connectivity index (χ2n) is 6.33. The van der Waals surface area contributed by atoms with Crippen molar-refractivity contribution in [2.24, 2.45) is 10.7 Å². The molecule has 0 spiro atoms. The fourth-order valence-electron chi connectivity index (χ4n) is 2.82. The quantitative estimate of drug-likeness (QED) is 0.727. The maximum atomic E-state index is 14.6. The van der Waals surface area contributed by atoms with Crippen LogP contribution in [0.4, 0.5) is 14.5 Å². The van der Waals surface area contributed by atoms with Crippen LogP contribution in [-0.4, -0.2) is 42.4 Å². The Bertz CT molecular complexity index is 1120. The number of guanidine groups is 1. The Morgan fingerprint density at radius 1 is 1.34 bits per heavy atom. The largest absolute Gasteiger partial charge is 0.369 e. The van der Waals surface area contributed by atoms with Crippen LogP contribution in [0, 0.1) is 11.6 Å². The number of pyridine rings is 1. The van der Waals surface area contributed by atoms with Gasteiger partial charge >= 0.3 is 0 Å². The molecule has 29 heavy (non-hydrogen) atoms. The molecule has 2 aromatic rings. The molecule has 0 fully saturated rings. The van der Waals surface area contributed by atoms with E-state index in [0.29, 0.717) is 0 Å². The maximum Gasteiger partial charge on any atom is 0.274 e. The summed E-state index contributed by atoms with van der Waals surface area (Å²) < 4.78 is 53.2. The number of carbonyl (C=O) groups excluding carboxylic acids is 1. The van der Waals surface area contributed by atoms with E-state index in [1.54, 1.807) is 0 Å². The molecule has 8 nitrogen and oxygen atoms in total. The van der Waals surface area contributed by atoms with E-state index in [1.807, 2.05) is 0 Å². The Balaban J connectivity index is 2.01. The molecule has 0 saturated carbocycles. The monoisotopic (exact) mass is 421 g/mol. The van der Waals surface area contributed by atoms with Crippen molar-refractivity contribution in [1.29, 1.82) is 0 Å². The summed E-state index contributed by atoms with van der Waals surface area (Å²) in [5.74, 6) is -2.92. The zero-order chi connectivity index (χ0) is 21.4. The van der Waals surface area contributed by atoms with Crippen molar-refractivity contribution in [3.63, 3.8) is 0 Å². The second kappa shape index (κ2) is 7.24. The molecule has 1 amide bonds. The van der Waals surface area contributed by atoms with Gasteiger partial charge in [-0.2, -0.15) is 0 Å². The lowest BCUT2D eigenvalue weighted by atomic mass is 9.91. The minimum Gasteiger partial charge on any atom is -0.369 e. The van der Waals surface area contributed by atoms with Gasteiger partial charge in [-0.3, -0.25) is 4.79 Å². The zero-order valence-corrected chi connectivity index (χ0v) is 16.1. The first-order valence-electron chi connectivity index (χ1n) is 8.26. The summed E-state index contributed by atoms with van der Waals surface area (Å²) in [6.07, 6.45) is 2.08. The number of sulfonamides is 1. The van der Waals surface area contributed by atoms with Crippen LogP contribution in [0.25, 0.3) is 0 Å². The van der Waals surface area contributed by atoms with Gasteiger partial charge in [0, 0.05) is 18.3 Å². The summed E-state index contributed by atoms with van der Waals surface area (Å²) in [5.41, 5.74) is 4.02. The lowest BCUT2D eigenvalue weighted by Crippen LogP contribution is -2.50. The van der Waals surface area contributed by atoms with Gasteiger partial charge in [0.05, 0.1) is 6.20 Å². The Kier molecular flexibility index (Phi) is 5.09. The molecule has 3 N–H and O–H groups in total. The molecule has 1 aliphatic heterocycles. The number of carbonyl (C=O) groups is 1. The number of benzene rings is 1. The summed E-state index contributed by atoms with van der Waals surface area (Å²) in [6.45, 7) is 3.60. The van der Waals surface area contributed by atoms with Crippen LogP contribution in [0.1, 0.15) is 16.1 Å². The molecule has 1 aromatic heterocycles. The number of hydrogen-bond acceptors (Lipinski definition) is 6. The Morgan fingerprint density at radius 2 is 2.07 bits per heavy atom. The summed E-state index contributed by atoms with van der Waals surface area (Å²) in [7, 11) is -2.63. The third kappa shape index (κ3) is 3.81. The Morgan fingerprint density at radius 3 is 2.66 bits per heavy atom. The number of hydrogen-bond donors (Lipinski definition) is 2. The number of rotatable bonds is 4. The van der Waals surface area contributed by atoms with Gasteiger partial charge in [-0.15, -0.1) is 6.58 Å². The van der Waals surface area contributed by atoms with Crippen LogP contribution in [-0.2, 0) is 15.6 Å². The predicted octanol–water partition coefficient (Wildman–Crippen LogP) is 1.58. The molecule has 0 bridgehead atoms. The van der Waals surface area contributed by atoms with E-state index < -0.39 is 38.9 Å². The van der Waals surface area contributed by atoms with Crippen LogP contribution < -0.4 is 11.1 Å². The van der Waals surface area contributed by atoms with Crippen molar-refractivity contribution in [2.45, 2.75) is 5.54 Å². The smallest absolute Gasteiger partial charge is 0.274 e.